The van der Waals surface area contributed by atoms with Gasteiger partial charge in [0.25, 0.3) is 0 Å². The van der Waals surface area contributed by atoms with Crippen LogP contribution >= 0.6 is 0 Å². The summed E-state index contributed by atoms with van der Waals surface area (Å²) in [4.78, 5) is 0. The smallest absolute Gasteiger partial charge is 0.0964 e. The minimum atomic E-state index is 0.302. The van der Waals surface area contributed by atoms with Gasteiger partial charge >= 0.3 is 0 Å². The van der Waals surface area contributed by atoms with E-state index in [0.717, 1.165) is 31.8 Å². The second kappa shape index (κ2) is 7.40. The zero-order chi connectivity index (χ0) is 12.7. The summed E-state index contributed by atoms with van der Waals surface area (Å²) in [6, 6.07) is 0.472. The predicted octanol–water partition coefficient (Wildman–Crippen LogP) is 1.59. The fourth-order valence-electron chi connectivity index (χ4n) is 1.38. The molecule has 1 heterocycles. The van der Waals surface area contributed by atoms with Gasteiger partial charge in [-0.05, 0) is 20.3 Å². The van der Waals surface area contributed by atoms with Crippen molar-refractivity contribution in [1.82, 2.24) is 20.3 Å². The molecular formula is C12H24N4O. The third-order valence-electron chi connectivity index (χ3n) is 2.26. The Bertz CT molecular complexity index is 309. The average molecular weight is 240 g/mol. The Balaban J connectivity index is 2.21. The third-order valence-corrected chi connectivity index (χ3v) is 2.26. The normalized spacial score (nSPS) is 11.6. The summed E-state index contributed by atoms with van der Waals surface area (Å²) in [5, 5.41) is 11.5. The number of aryl methyl sites for hydroxylation is 1. The quantitative estimate of drug-likeness (QED) is 0.701. The molecule has 98 valence electrons. The molecule has 5 nitrogen and oxygen atoms in total. The van der Waals surface area contributed by atoms with Gasteiger partial charge in [-0.3, -0.25) is 4.68 Å². The van der Waals surface area contributed by atoms with Crippen LogP contribution in [-0.4, -0.2) is 33.7 Å². The van der Waals surface area contributed by atoms with Gasteiger partial charge in [0.15, 0.2) is 0 Å². The SMILES string of the molecule is CC(C)NCc1cn(CCCOC(C)C)nn1. The standard InChI is InChI=1S/C12H24N4O/c1-10(2)13-8-12-9-16(15-14-12)6-5-7-17-11(3)4/h9-11,13H,5-8H2,1-4H3. The Morgan fingerprint density at radius 3 is 2.76 bits per heavy atom. The van der Waals surface area contributed by atoms with Gasteiger partial charge in [-0.2, -0.15) is 0 Å². The first-order chi connectivity index (χ1) is 8.08. The Morgan fingerprint density at radius 1 is 1.35 bits per heavy atom. The van der Waals surface area contributed by atoms with Crippen molar-refractivity contribution >= 4 is 0 Å². The molecule has 0 amide bonds. The lowest BCUT2D eigenvalue weighted by atomic mass is 10.3. The first kappa shape index (κ1) is 14.1. The van der Waals surface area contributed by atoms with Gasteiger partial charge in [0, 0.05) is 31.9 Å². The number of ether oxygens (including phenoxy) is 1. The van der Waals surface area contributed by atoms with Crippen molar-refractivity contribution in [3.63, 3.8) is 0 Å². The minimum Gasteiger partial charge on any atom is -0.379 e. The van der Waals surface area contributed by atoms with Crippen LogP contribution in [0.4, 0.5) is 0 Å². The molecule has 0 aromatic carbocycles. The molecule has 0 spiro atoms. The van der Waals surface area contributed by atoms with E-state index in [1.54, 1.807) is 0 Å². The molecule has 0 aliphatic heterocycles. The zero-order valence-corrected chi connectivity index (χ0v) is 11.3. The van der Waals surface area contributed by atoms with Gasteiger partial charge in [-0.15, -0.1) is 5.10 Å². The van der Waals surface area contributed by atoms with Crippen molar-refractivity contribution in [3.05, 3.63) is 11.9 Å². The number of hydrogen-bond acceptors (Lipinski definition) is 4. The summed E-state index contributed by atoms with van der Waals surface area (Å²) in [6.45, 7) is 10.7. The summed E-state index contributed by atoms with van der Waals surface area (Å²) in [7, 11) is 0. The monoisotopic (exact) mass is 240 g/mol. The Morgan fingerprint density at radius 2 is 2.12 bits per heavy atom. The van der Waals surface area contributed by atoms with Gasteiger partial charge in [0.1, 0.15) is 0 Å². The first-order valence-electron chi connectivity index (χ1n) is 6.32. The van der Waals surface area contributed by atoms with E-state index in [-0.39, 0.29) is 0 Å². The van der Waals surface area contributed by atoms with Crippen LogP contribution in [0.5, 0.6) is 0 Å². The van der Waals surface area contributed by atoms with Crippen LogP contribution in [0, 0.1) is 0 Å². The van der Waals surface area contributed by atoms with E-state index in [1.807, 2.05) is 24.7 Å². The van der Waals surface area contributed by atoms with Crippen molar-refractivity contribution in [1.29, 1.82) is 0 Å². The molecule has 0 atom stereocenters. The van der Waals surface area contributed by atoms with Gasteiger partial charge in [-0.25, -0.2) is 0 Å². The Labute approximate surface area is 104 Å². The highest BCUT2D eigenvalue weighted by Crippen LogP contribution is 1.97. The molecule has 0 radical (unpaired) electrons. The lowest BCUT2D eigenvalue weighted by Crippen LogP contribution is -2.21. The molecular weight excluding hydrogens is 216 g/mol. The van der Waals surface area contributed by atoms with E-state index < -0.39 is 0 Å². The average Bonchev–Trinajstić information content (AvgIpc) is 2.69. The van der Waals surface area contributed by atoms with Gasteiger partial charge in [-0.1, -0.05) is 19.1 Å². The van der Waals surface area contributed by atoms with E-state index in [9.17, 15) is 0 Å². The van der Waals surface area contributed by atoms with E-state index in [1.165, 1.54) is 0 Å². The maximum Gasteiger partial charge on any atom is 0.0964 e. The molecule has 0 unspecified atom stereocenters. The second-order valence-corrected chi connectivity index (χ2v) is 4.78. The van der Waals surface area contributed by atoms with Gasteiger partial charge in [0.05, 0.1) is 11.8 Å². The first-order valence-corrected chi connectivity index (χ1v) is 6.32. The molecule has 5 heteroatoms. The fourth-order valence-corrected chi connectivity index (χ4v) is 1.38. The lowest BCUT2D eigenvalue weighted by Gasteiger charge is -2.06. The van der Waals surface area contributed by atoms with Crippen LogP contribution in [0.25, 0.3) is 0 Å². The largest absolute Gasteiger partial charge is 0.379 e. The minimum absolute atomic E-state index is 0.302. The zero-order valence-electron chi connectivity index (χ0n) is 11.3. The molecule has 0 saturated carbocycles. The highest BCUT2D eigenvalue weighted by Gasteiger charge is 2.01. The van der Waals surface area contributed by atoms with Gasteiger partial charge in [0.2, 0.25) is 0 Å². The van der Waals surface area contributed by atoms with Crippen molar-refractivity contribution < 1.29 is 4.74 Å². The molecule has 1 N–H and O–H groups in total. The Kier molecular flexibility index (Phi) is 6.15. The summed E-state index contributed by atoms with van der Waals surface area (Å²) < 4.78 is 7.35. The third kappa shape index (κ3) is 6.38. The molecule has 0 aliphatic carbocycles. The fraction of sp³-hybridized carbons (Fsp3) is 0.833. The molecule has 1 rings (SSSR count). The molecule has 0 bridgehead atoms. The van der Waals surface area contributed by atoms with Crippen LogP contribution in [0.2, 0.25) is 0 Å². The highest BCUT2D eigenvalue weighted by molar-refractivity contribution is 4.91. The van der Waals surface area contributed by atoms with E-state index >= 15 is 0 Å². The molecule has 0 fully saturated rings. The molecule has 1 aromatic rings. The van der Waals surface area contributed by atoms with E-state index in [0.29, 0.717) is 12.1 Å². The summed E-state index contributed by atoms with van der Waals surface area (Å²) >= 11 is 0. The number of rotatable bonds is 8. The number of aromatic nitrogens is 3. The molecule has 0 aliphatic rings. The summed E-state index contributed by atoms with van der Waals surface area (Å²) in [6.07, 6.45) is 3.26. The van der Waals surface area contributed by atoms with Crippen LogP contribution in [0.15, 0.2) is 6.20 Å². The maximum absolute atomic E-state index is 5.48. The summed E-state index contributed by atoms with van der Waals surface area (Å²) in [5.74, 6) is 0. The molecule has 17 heavy (non-hydrogen) atoms. The van der Waals surface area contributed by atoms with Crippen molar-refractivity contribution in [2.24, 2.45) is 0 Å². The highest BCUT2D eigenvalue weighted by atomic mass is 16.5. The number of hydrogen-bond donors (Lipinski definition) is 1. The van der Waals surface area contributed by atoms with E-state index in [4.69, 9.17) is 4.74 Å². The van der Waals surface area contributed by atoms with Crippen LogP contribution < -0.4 is 5.32 Å². The van der Waals surface area contributed by atoms with Crippen molar-refractivity contribution in [3.8, 4) is 0 Å². The Hall–Kier alpha value is -0.940. The summed E-state index contributed by atoms with van der Waals surface area (Å²) in [5.41, 5.74) is 0.989. The molecule has 0 saturated heterocycles. The maximum atomic E-state index is 5.48. The number of nitrogens with zero attached hydrogens (tertiary/aromatic N) is 3. The van der Waals surface area contributed by atoms with Crippen LogP contribution in [-0.2, 0) is 17.8 Å². The second-order valence-electron chi connectivity index (χ2n) is 4.78. The van der Waals surface area contributed by atoms with Crippen LogP contribution in [0.1, 0.15) is 39.8 Å². The predicted molar refractivity (Wildman–Crippen MR) is 67.7 cm³/mol. The molecule has 1 aromatic heterocycles. The number of nitrogens with one attached hydrogen (secondary N) is 1. The van der Waals surface area contributed by atoms with Crippen molar-refractivity contribution in [2.75, 3.05) is 6.61 Å². The lowest BCUT2D eigenvalue weighted by molar-refractivity contribution is 0.0742. The topological polar surface area (TPSA) is 52.0 Å². The van der Waals surface area contributed by atoms with Crippen LogP contribution in [0.3, 0.4) is 0 Å². The van der Waals surface area contributed by atoms with Gasteiger partial charge < -0.3 is 10.1 Å². The van der Waals surface area contributed by atoms with Crippen molar-refractivity contribution in [2.45, 2.75) is 59.4 Å². The van der Waals surface area contributed by atoms with E-state index in [2.05, 4.69) is 29.5 Å².